The number of thioether (sulfide) groups is 1. The Balaban J connectivity index is 1.39. The van der Waals surface area contributed by atoms with E-state index in [-0.39, 0.29) is 40.6 Å². The fourth-order valence-corrected chi connectivity index (χ4v) is 3.56. The van der Waals surface area contributed by atoms with E-state index in [0.29, 0.717) is 5.56 Å². The van der Waals surface area contributed by atoms with Crippen LogP contribution >= 0.6 is 11.8 Å². The summed E-state index contributed by atoms with van der Waals surface area (Å²) in [5, 5.41) is 11.2. The van der Waals surface area contributed by atoms with Crippen LogP contribution in [0.2, 0.25) is 0 Å². The monoisotopic (exact) mass is 425 g/mol. The minimum absolute atomic E-state index is 0.120. The number of carbonyl (C=O) groups excluding carboxylic acids is 1. The van der Waals surface area contributed by atoms with Crippen LogP contribution in [-0.4, -0.2) is 31.8 Å². The Hall–Kier alpha value is -3.20. The topological polar surface area (TPSA) is 96.7 Å². The van der Waals surface area contributed by atoms with Gasteiger partial charge >= 0.3 is 0 Å². The Morgan fingerprint density at radius 2 is 1.93 bits per heavy atom. The van der Waals surface area contributed by atoms with Crippen molar-refractivity contribution in [2.24, 2.45) is 5.92 Å². The van der Waals surface area contributed by atoms with Crippen LogP contribution in [0.25, 0.3) is 22.5 Å². The molecule has 0 unspecified atom stereocenters. The van der Waals surface area contributed by atoms with Crippen LogP contribution in [-0.2, 0) is 4.79 Å². The SMILES string of the molecule is CC(C)[C@H](NC(=O)CSc1nnc(-c2ccc(F)cc2)o1)c1nc2ccccc2[nH]1. The van der Waals surface area contributed by atoms with Gasteiger partial charge in [0.25, 0.3) is 5.22 Å². The average Bonchev–Trinajstić information content (AvgIpc) is 3.37. The molecule has 0 saturated heterocycles. The lowest BCUT2D eigenvalue weighted by atomic mass is 10.0. The molecule has 0 aliphatic heterocycles. The van der Waals surface area contributed by atoms with Gasteiger partial charge in [-0.25, -0.2) is 9.37 Å². The molecule has 0 spiro atoms. The number of halogens is 1. The number of rotatable bonds is 7. The summed E-state index contributed by atoms with van der Waals surface area (Å²) >= 11 is 1.14. The molecule has 2 N–H and O–H groups in total. The molecule has 0 bridgehead atoms. The third kappa shape index (κ3) is 4.51. The van der Waals surface area contributed by atoms with Gasteiger partial charge in [0.2, 0.25) is 11.8 Å². The molecule has 1 amide bonds. The molecular weight excluding hydrogens is 405 g/mol. The van der Waals surface area contributed by atoms with Crippen LogP contribution in [0.1, 0.15) is 25.7 Å². The first-order valence-electron chi connectivity index (χ1n) is 9.46. The summed E-state index contributed by atoms with van der Waals surface area (Å²) in [6, 6.07) is 13.3. The van der Waals surface area contributed by atoms with Crippen LogP contribution in [0.15, 0.2) is 58.2 Å². The highest BCUT2D eigenvalue weighted by Crippen LogP contribution is 2.25. The van der Waals surface area contributed by atoms with Crippen molar-refractivity contribution in [3.63, 3.8) is 0 Å². The third-order valence-corrected chi connectivity index (χ3v) is 5.33. The van der Waals surface area contributed by atoms with Gasteiger partial charge in [0.05, 0.1) is 22.8 Å². The van der Waals surface area contributed by atoms with E-state index in [1.54, 1.807) is 12.1 Å². The number of hydrogen-bond donors (Lipinski definition) is 2. The Kier molecular flexibility index (Phi) is 5.80. The Bertz CT molecular complexity index is 1120. The molecule has 0 radical (unpaired) electrons. The standard InChI is InChI=1S/C21H20FN5O2S/c1-12(2)18(19-23-15-5-3-4-6-16(15)24-19)25-17(28)11-30-21-27-26-20(29-21)13-7-9-14(22)10-8-13/h3-10,12,18H,11H2,1-2H3,(H,23,24)(H,25,28)/t18-/m0/s1. The number of carbonyl (C=O) groups is 1. The van der Waals surface area contributed by atoms with Crippen LogP contribution in [0.5, 0.6) is 0 Å². The highest BCUT2D eigenvalue weighted by Gasteiger charge is 2.22. The van der Waals surface area contributed by atoms with Gasteiger partial charge in [-0.15, -0.1) is 10.2 Å². The molecule has 4 rings (SSSR count). The Morgan fingerprint density at radius 3 is 2.67 bits per heavy atom. The molecule has 7 nitrogen and oxygen atoms in total. The molecule has 154 valence electrons. The molecule has 0 fully saturated rings. The molecule has 9 heteroatoms. The van der Waals surface area contributed by atoms with Gasteiger partial charge in [-0.2, -0.15) is 0 Å². The highest BCUT2D eigenvalue weighted by atomic mass is 32.2. The van der Waals surface area contributed by atoms with Crippen LogP contribution in [0.4, 0.5) is 4.39 Å². The molecule has 30 heavy (non-hydrogen) atoms. The van der Waals surface area contributed by atoms with Gasteiger partial charge in [-0.3, -0.25) is 4.79 Å². The van der Waals surface area contributed by atoms with E-state index in [1.807, 2.05) is 38.1 Å². The van der Waals surface area contributed by atoms with Crippen molar-refractivity contribution in [3.05, 3.63) is 60.2 Å². The third-order valence-electron chi connectivity index (χ3n) is 4.51. The number of fused-ring (bicyclic) bond motifs is 1. The van der Waals surface area contributed by atoms with E-state index < -0.39 is 0 Å². The number of amides is 1. The predicted octanol–water partition coefficient (Wildman–Crippen LogP) is 4.36. The number of benzene rings is 2. The first-order chi connectivity index (χ1) is 14.5. The number of H-pyrrole nitrogens is 1. The van der Waals surface area contributed by atoms with Crippen molar-refractivity contribution in [3.8, 4) is 11.5 Å². The van der Waals surface area contributed by atoms with E-state index in [4.69, 9.17) is 4.42 Å². The van der Waals surface area contributed by atoms with Gasteiger partial charge in [0, 0.05) is 5.56 Å². The zero-order valence-electron chi connectivity index (χ0n) is 16.4. The second-order valence-corrected chi connectivity index (χ2v) is 8.02. The summed E-state index contributed by atoms with van der Waals surface area (Å²) in [6.45, 7) is 4.05. The first kappa shape index (κ1) is 20.1. The summed E-state index contributed by atoms with van der Waals surface area (Å²) in [4.78, 5) is 20.4. The van der Waals surface area contributed by atoms with Crippen molar-refractivity contribution < 1.29 is 13.6 Å². The maximum atomic E-state index is 13.0. The average molecular weight is 425 g/mol. The molecule has 4 aromatic rings. The number of imidazole rings is 1. The minimum atomic E-state index is -0.339. The number of aromatic amines is 1. The van der Waals surface area contributed by atoms with E-state index in [2.05, 4.69) is 25.5 Å². The molecule has 2 aromatic heterocycles. The number of nitrogens with zero attached hydrogens (tertiary/aromatic N) is 3. The van der Waals surface area contributed by atoms with Crippen LogP contribution < -0.4 is 5.32 Å². The maximum Gasteiger partial charge on any atom is 0.277 e. The second-order valence-electron chi connectivity index (χ2n) is 7.10. The van der Waals surface area contributed by atoms with Gasteiger partial charge in [-0.05, 0) is 42.3 Å². The zero-order chi connectivity index (χ0) is 21.1. The number of para-hydroxylation sites is 2. The minimum Gasteiger partial charge on any atom is -0.411 e. The van der Waals surface area contributed by atoms with Crippen LogP contribution in [0.3, 0.4) is 0 Å². The smallest absolute Gasteiger partial charge is 0.277 e. The van der Waals surface area contributed by atoms with Crippen molar-refractivity contribution in [1.82, 2.24) is 25.5 Å². The van der Waals surface area contributed by atoms with E-state index in [1.165, 1.54) is 12.1 Å². The van der Waals surface area contributed by atoms with Gasteiger partial charge in [0.15, 0.2) is 0 Å². The summed E-state index contributed by atoms with van der Waals surface area (Å²) in [5.41, 5.74) is 2.41. The molecule has 0 aliphatic carbocycles. The Labute approximate surface area is 176 Å². The van der Waals surface area contributed by atoms with Crippen molar-refractivity contribution in [2.75, 3.05) is 5.75 Å². The normalized spacial score (nSPS) is 12.4. The van der Waals surface area contributed by atoms with E-state index >= 15 is 0 Å². The molecule has 2 aromatic carbocycles. The van der Waals surface area contributed by atoms with Crippen molar-refractivity contribution in [2.45, 2.75) is 25.1 Å². The van der Waals surface area contributed by atoms with Crippen molar-refractivity contribution >= 4 is 28.7 Å². The lowest BCUT2D eigenvalue weighted by molar-refractivity contribution is -0.119. The maximum absolute atomic E-state index is 13.0. The lowest BCUT2D eigenvalue weighted by Crippen LogP contribution is -2.33. The quantitative estimate of drug-likeness (QED) is 0.427. The molecule has 2 heterocycles. The van der Waals surface area contributed by atoms with Crippen molar-refractivity contribution in [1.29, 1.82) is 0 Å². The highest BCUT2D eigenvalue weighted by molar-refractivity contribution is 7.99. The predicted molar refractivity (Wildman–Crippen MR) is 112 cm³/mol. The summed E-state index contributed by atoms with van der Waals surface area (Å²) < 4.78 is 18.6. The number of aromatic nitrogens is 4. The molecule has 1 atom stereocenters. The van der Waals surface area contributed by atoms with Gasteiger partial charge < -0.3 is 14.7 Å². The summed E-state index contributed by atoms with van der Waals surface area (Å²) in [5.74, 6) is 0.762. The van der Waals surface area contributed by atoms with Gasteiger partial charge in [-0.1, -0.05) is 37.7 Å². The summed E-state index contributed by atoms with van der Waals surface area (Å²) in [6.07, 6.45) is 0. The molecular formula is C21H20FN5O2S. The number of nitrogens with one attached hydrogen (secondary N) is 2. The molecule has 0 aliphatic rings. The number of hydrogen-bond acceptors (Lipinski definition) is 6. The summed E-state index contributed by atoms with van der Waals surface area (Å²) in [7, 11) is 0. The first-order valence-corrected chi connectivity index (χ1v) is 10.4. The van der Waals surface area contributed by atoms with Crippen LogP contribution in [0, 0.1) is 11.7 Å². The zero-order valence-corrected chi connectivity index (χ0v) is 17.2. The lowest BCUT2D eigenvalue weighted by Gasteiger charge is -2.20. The Morgan fingerprint density at radius 1 is 1.17 bits per heavy atom. The molecule has 0 saturated carbocycles. The van der Waals surface area contributed by atoms with Gasteiger partial charge in [0.1, 0.15) is 11.6 Å². The largest absolute Gasteiger partial charge is 0.411 e. The fraction of sp³-hybridized carbons (Fsp3) is 0.238. The second kappa shape index (κ2) is 8.66. The van der Waals surface area contributed by atoms with E-state index in [9.17, 15) is 9.18 Å². The fourth-order valence-electron chi connectivity index (χ4n) is 2.99. The van der Waals surface area contributed by atoms with E-state index in [0.717, 1.165) is 28.6 Å².